The van der Waals surface area contributed by atoms with Gasteiger partial charge in [-0.2, -0.15) is 39.5 Å². The zero-order chi connectivity index (χ0) is 23.4. The van der Waals surface area contributed by atoms with Crippen LogP contribution in [0.3, 0.4) is 0 Å². The molecule has 30 heavy (non-hydrogen) atoms. The molecule has 1 amide bonds. The number of alkyl halides is 9. The number of hydrogen-bond acceptors (Lipinski definition) is 4. The van der Waals surface area contributed by atoms with Crippen molar-refractivity contribution >= 4 is 12.1 Å². The smallest absolute Gasteiger partial charge is 0.460 e. The number of esters is 1. The van der Waals surface area contributed by atoms with Gasteiger partial charge >= 0.3 is 36.0 Å². The van der Waals surface area contributed by atoms with E-state index in [9.17, 15) is 49.1 Å². The van der Waals surface area contributed by atoms with E-state index in [0.717, 1.165) is 0 Å². The minimum atomic E-state index is -7.13. The number of alkyl carbamates (subject to hydrolysis) is 1. The Kier molecular flexibility index (Phi) is 7.61. The molecule has 14 heteroatoms. The molecule has 0 aliphatic carbocycles. The number of amides is 1. The summed E-state index contributed by atoms with van der Waals surface area (Å²) in [6.07, 6.45) is -11.3. The van der Waals surface area contributed by atoms with E-state index in [0.29, 0.717) is 12.7 Å². The Balaban J connectivity index is 2.98. The second-order valence-corrected chi connectivity index (χ2v) is 5.84. The predicted octanol–water partition coefficient (Wildman–Crippen LogP) is 4.31. The van der Waals surface area contributed by atoms with E-state index in [1.165, 1.54) is 29.6 Å². The Labute approximate surface area is 163 Å². The van der Waals surface area contributed by atoms with Gasteiger partial charge in [0.2, 0.25) is 0 Å². The zero-order valence-electron chi connectivity index (χ0n) is 14.9. The summed E-state index contributed by atoms with van der Waals surface area (Å²) >= 11 is 0. The van der Waals surface area contributed by atoms with E-state index in [1.807, 2.05) is 0 Å². The van der Waals surface area contributed by atoms with Gasteiger partial charge in [-0.15, -0.1) is 0 Å². The molecule has 1 rings (SSSR count). The van der Waals surface area contributed by atoms with Crippen LogP contribution in [-0.2, 0) is 20.9 Å². The topological polar surface area (TPSA) is 64.6 Å². The highest BCUT2D eigenvalue weighted by atomic mass is 19.4. The van der Waals surface area contributed by atoms with E-state index >= 15 is 0 Å². The number of nitrogens with one attached hydrogen (secondary N) is 1. The Bertz CT molecular complexity index is 738. The standard InChI is InChI=1S/C16H14F9NO4/c1-29-11(27)10(26-12(28)30-8-9-5-3-2-4-6-9)7-13(17,18)14(19,20)15(21,22)16(23,24)25/h2-6,10H,7-8H2,1H3,(H,26,28). The highest BCUT2D eigenvalue weighted by Gasteiger charge is 2.81. The van der Waals surface area contributed by atoms with E-state index in [2.05, 4.69) is 9.47 Å². The van der Waals surface area contributed by atoms with Crippen molar-refractivity contribution in [2.45, 2.75) is 43.0 Å². The summed E-state index contributed by atoms with van der Waals surface area (Å²) in [5, 5.41) is 1.38. The number of ether oxygens (including phenoxy) is 2. The molecule has 0 aromatic heterocycles. The third-order valence-electron chi connectivity index (χ3n) is 3.66. The van der Waals surface area contributed by atoms with Crippen molar-refractivity contribution < 1.29 is 58.6 Å². The molecule has 0 saturated carbocycles. The number of methoxy groups -OCH3 is 1. The van der Waals surface area contributed by atoms with Crippen LogP contribution < -0.4 is 5.32 Å². The first-order chi connectivity index (χ1) is 13.6. The molecule has 0 radical (unpaired) electrons. The van der Waals surface area contributed by atoms with Gasteiger partial charge in [0.15, 0.2) is 0 Å². The second kappa shape index (κ2) is 9.00. The summed E-state index contributed by atoms with van der Waals surface area (Å²) in [5.41, 5.74) is 0.393. The molecule has 0 aliphatic rings. The maximum atomic E-state index is 13.7. The fraction of sp³-hybridized carbons (Fsp3) is 0.500. The van der Waals surface area contributed by atoms with E-state index in [4.69, 9.17) is 0 Å². The van der Waals surface area contributed by atoms with Gasteiger partial charge in [-0.25, -0.2) is 9.59 Å². The molecular weight excluding hydrogens is 441 g/mol. The van der Waals surface area contributed by atoms with Crippen LogP contribution in [0.4, 0.5) is 44.3 Å². The number of halogens is 9. The molecular formula is C16H14F9NO4. The first kappa shape index (κ1) is 25.4. The maximum Gasteiger partial charge on any atom is 0.460 e. The molecule has 5 nitrogen and oxygen atoms in total. The van der Waals surface area contributed by atoms with Crippen molar-refractivity contribution in [3.63, 3.8) is 0 Å². The van der Waals surface area contributed by atoms with Gasteiger partial charge in [0.1, 0.15) is 12.6 Å². The molecule has 1 atom stereocenters. The normalized spacial score (nSPS) is 14.1. The summed E-state index contributed by atoms with van der Waals surface area (Å²) in [5.74, 6) is -22.0. The van der Waals surface area contributed by atoms with Gasteiger partial charge in [0, 0.05) is 6.42 Å². The van der Waals surface area contributed by atoms with Crippen molar-refractivity contribution in [2.24, 2.45) is 0 Å². The molecule has 0 fully saturated rings. The van der Waals surface area contributed by atoms with E-state index < -0.39 is 55.1 Å². The lowest BCUT2D eigenvalue weighted by atomic mass is 9.97. The molecule has 1 unspecified atom stereocenters. The van der Waals surface area contributed by atoms with Crippen LogP contribution in [0.1, 0.15) is 12.0 Å². The van der Waals surface area contributed by atoms with Crippen LogP contribution in [0.5, 0.6) is 0 Å². The zero-order valence-corrected chi connectivity index (χ0v) is 14.9. The monoisotopic (exact) mass is 455 g/mol. The number of carbonyl (C=O) groups excluding carboxylic acids is 2. The first-order valence-electron chi connectivity index (χ1n) is 7.82. The lowest BCUT2D eigenvalue weighted by Crippen LogP contribution is -2.62. The van der Waals surface area contributed by atoms with Crippen molar-refractivity contribution in [1.29, 1.82) is 0 Å². The highest BCUT2D eigenvalue weighted by Crippen LogP contribution is 2.54. The first-order valence-corrected chi connectivity index (χ1v) is 7.82. The molecule has 170 valence electrons. The molecule has 1 aromatic rings. The van der Waals surface area contributed by atoms with Crippen LogP contribution >= 0.6 is 0 Å². The fourth-order valence-electron chi connectivity index (χ4n) is 2.03. The average Bonchev–Trinajstić information content (AvgIpc) is 2.64. The molecule has 0 bridgehead atoms. The third-order valence-corrected chi connectivity index (χ3v) is 3.66. The molecule has 0 saturated heterocycles. The number of benzene rings is 1. The molecule has 1 aromatic carbocycles. The number of carbonyl (C=O) groups is 2. The van der Waals surface area contributed by atoms with Crippen LogP contribution in [0.2, 0.25) is 0 Å². The van der Waals surface area contributed by atoms with Gasteiger partial charge in [0.25, 0.3) is 0 Å². The van der Waals surface area contributed by atoms with Crippen molar-refractivity contribution in [1.82, 2.24) is 5.32 Å². The van der Waals surface area contributed by atoms with E-state index in [1.54, 1.807) is 6.07 Å². The van der Waals surface area contributed by atoms with Gasteiger partial charge in [0.05, 0.1) is 7.11 Å². The molecule has 0 aliphatic heterocycles. The van der Waals surface area contributed by atoms with Gasteiger partial charge in [-0.3, -0.25) is 0 Å². The SMILES string of the molecule is COC(=O)C(CC(F)(F)C(F)(F)C(F)(F)C(F)(F)F)NC(=O)OCc1ccccc1. The van der Waals surface area contributed by atoms with Gasteiger partial charge in [-0.05, 0) is 5.56 Å². The van der Waals surface area contributed by atoms with Crippen LogP contribution in [0, 0.1) is 0 Å². The van der Waals surface area contributed by atoms with Gasteiger partial charge in [-0.1, -0.05) is 30.3 Å². The van der Waals surface area contributed by atoms with Gasteiger partial charge < -0.3 is 14.8 Å². The third kappa shape index (κ3) is 5.48. The summed E-state index contributed by atoms with van der Waals surface area (Å²) in [6.45, 7) is -0.459. The molecule has 0 spiro atoms. The summed E-state index contributed by atoms with van der Waals surface area (Å²) in [6, 6.07) is 4.91. The van der Waals surface area contributed by atoms with E-state index in [-0.39, 0.29) is 0 Å². The fourth-order valence-corrected chi connectivity index (χ4v) is 2.03. The molecule has 1 N–H and O–H groups in total. The van der Waals surface area contributed by atoms with Crippen molar-refractivity contribution in [3.05, 3.63) is 35.9 Å². The second-order valence-electron chi connectivity index (χ2n) is 5.84. The number of rotatable bonds is 8. The number of hydrogen-bond donors (Lipinski definition) is 1. The molecule has 0 heterocycles. The van der Waals surface area contributed by atoms with Crippen LogP contribution in [0.25, 0.3) is 0 Å². The van der Waals surface area contributed by atoms with Crippen molar-refractivity contribution in [2.75, 3.05) is 7.11 Å². The Morgan fingerprint density at radius 3 is 1.93 bits per heavy atom. The summed E-state index contributed by atoms with van der Waals surface area (Å²) in [4.78, 5) is 23.1. The van der Waals surface area contributed by atoms with Crippen molar-refractivity contribution in [3.8, 4) is 0 Å². The highest BCUT2D eigenvalue weighted by molar-refractivity contribution is 5.81. The predicted molar refractivity (Wildman–Crippen MR) is 81.1 cm³/mol. The Morgan fingerprint density at radius 1 is 0.933 bits per heavy atom. The minimum absolute atomic E-state index is 0.393. The largest absolute Gasteiger partial charge is 0.467 e. The average molecular weight is 455 g/mol. The Hall–Kier alpha value is -2.67. The minimum Gasteiger partial charge on any atom is -0.467 e. The summed E-state index contributed by atoms with van der Waals surface area (Å²) < 4.78 is 125. The quantitative estimate of drug-likeness (QED) is 0.469. The van der Waals surface area contributed by atoms with Crippen LogP contribution in [0.15, 0.2) is 30.3 Å². The lowest BCUT2D eigenvalue weighted by Gasteiger charge is -2.34. The lowest BCUT2D eigenvalue weighted by molar-refractivity contribution is -0.397. The van der Waals surface area contributed by atoms with Crippen LogP contribution in [-0.4, -0.2) is 49.2 Å². The Morgan fingerprint density at radius 2 is 1.47 bits per heavy atom. The summed E-state index contributed by atoms with van der Waals surface area (Å²) in [7, 11) is 0.576. The maximum absolute atomic E-state index is 13.7.